The van der Waals surface area contributed by atoms with Crippen molar-refractivity contribution in [2.75, 3.05) is 5.32 Å². The van der Waals surface area contributed by atoms with Crippen LogP contribution >= 0.6 is 15.9 Å². The molecule has 2 N–H and O–H groups in total. The van der Waals surface area contributed by atoms with Crippen molar-refractivity contribution in [2.24, 2.45) is 0 Å². The van der Waals surface area contributed by atoms with Crippen molar-refractivity contribution < 1.29 is 9.72 Å². The van der Waals surface area contributed by atoms with E-state index in [9.17, 15) is 14.9 Å². The van der Waals surface area contributed by atoms with Crippen LogP contribution in [-0.2, 0) is 0 Å². The summed E-state index contributed by atoms with van der Waals surface area (Å²) in [6.45, 7) is 1.87. The van der Waals surface area contributed by atoms with Gasteiger partial charge >= 0.3 is 0 Å². The third-order valence-electron chi connectivity index (χ3n) is 4.11. The summed E-state index contributed by atoms with van der Waals surface area (Å²) in [7, 11) is 0. The van der Waals surface area contributed by atoms with Gasteiger partial charge in [-0.1, -0.05) is 28.1 Å². The monoisotopic (exact) mass is 403 g/mol. The van der Waals surface area contributed by atoms with Gasteiger partial charge in [0.2, 0.25) is 0 Å². The van der Waals surface area contributed by atoms with Gasteiger partial charge in [0.1, 0.15) is 5.69 Å². The highest BCUT2D eigenvalue weighted by molar-refractivity contribution is 9.10. The molecule has 1 amide bonds. The minimum atomic E-state index is -0.459. The lowest BCUT2D eigenvalue weighted by Gasteiger charge is -2.15. The van der Waals surface area contributed by atoms with Crippen LogP contribution in [-0.4, -0.2) is 16.9 Å². The maximum Gasteiger partial charge on any atom is 0.293 e. The molecule has 3 rings (SSSR count). The fourth-order valence-electron chi connectivity index (χ4n) is 2.51. The molecule has 0 bridgehead atoms. The molecule has 25 heavy (non-hydrogen) atoms. The molecule has 0 heterocycles. The number of benzene rings is 2. The smallest absolute Gasteiger partial charge is 0.293 e. The molecule has 2 aromatic rings. The summed E-state index contributed by atoms with van der Waals surface area (Å²) >= 11 is 3.37. The molecule has 2 aromatic carbocycles. The quantitative estimate of drug-likeness (QED) is 0.551. The summed E-state index contributed by atoms with van der Waals surface area (Å²) in [6, 6.07) is 12.3. The number of nitro benzene ring substituents is 1. The second-order valence-corrected chi connectivity index (χ2v) is 7.07. The lowest BCUT2D eigenvalue weighted by atomic mass is 10.1. The summed E-state index contributed by atoms with van der Waals surface area (Å²) in [5.74, 6) is -0.337. The summed E-state index contributed by atoms with van der Waals surface area (Å²) < 4.78 is 0.962. The van der Waals surface area contributed by atoms with Crippen molar-refractivity contribution in [1.29, 1.82) is 0 Å². The molecule has 0 spiro atoms. The minimum Gasteiger partial charge on any atom is -0.377 e. The number of nitrogens with zero attached hydrogens (tertiary/aromatic N) is 1. The van der Waals surface area contributed by atoms with Crippen LogP contribution in [0.5, 0.6) is 0 Å². The number of hydrogen-bond donors (Lipinski definition) is 2. The lowest BCUT2D eigenvalue weighted by Crippen LogP contribution is -2.26. The average Bonchev–Trinajstić information content (AvgIpc) is 3.39. The standard InChI is InChI=1S/C18H18BrN3O3/c1-11(12-2-5-14(19)6-3-12)20-18(23)13-4-9-16(21-15-7-8-15)17(10-13)22(24)25/h2-6,9-11,15,21H,7-8H2,1H3,(H,20,23). The van der Waals surface area contributed by atoms with Crippen molar-refractivity contribution in [1.82, 2.24) is 5.32 Å². The van der Waals surface area contributed by atoms with E-state index in [2.05, 4.69) is 26.6 Å². The maximum atomic E-state index is 12.5. The topological polar surface area (TPSA) is 84.3 Å². The molecular weight excluding hydrogens is 386 g/mol. The molecular formula is C18H18BrN3O3. The second-order valence-electron chi connectivity index (χ2n) is 6.15. The van der Waals surface area contributed by atoms with Crippen LogP contribution in [0.3, 0.4) is 0 Å². The first-order valence-corrected chi connectivity index (χ1v) is 8.84. The van der Waals surface area contributed by atoms with Crippen molar-refractivity contribution >= 4 is 33.2 Å². The Labute approximate surface area is 153 Å². The van der Waals surface area contributed by atoms with E-state index in [4.69, 9.17) is 0 Å². The van der Waals surface area contributed by atoms with E-state index in [1.807, 2.05) is 31.2 Å². The number of rotatable bonds is 6. The van der Waals surface area contributed by atoms with Crippen LogP contribution in [0.25, 0.3) is 0 Å². The van der Waals surface area contributed by atoms with E-state index in [0.717, 1.165) is 22.9 Å². The summed E-state index contributed by atoms with van der Waals surface area (Å²) in [5.41, 5.74) is 1.62. The molecule has 1 fully saturated rings. The van der Waals surface area contributed by atoms with Crippen LogP contribution in [0.2, 0.25) is 0 Å². The summed E-state index contributed by atoms with van der Waals surface area (Å²) in [5, 5.41) is 17.3. The van der Waals surface area contributed by atoms with Crippen molar-refractivity contribution in [3.63, 3.8) is 0 Å². The maximum absolute atomic E-state index is 12.5. The zero-order valence-electron chi connectivity index (χ0n) is 13.7. The Morgan fingerprint density at radius 1 is 1.24 bits per heavy atom. The summed E-state index contributed by atoms with van der Waals surface area (Å²) in [4.78, 5) is 23.3. The Hall–Kier alpha value is -2.41. The van der Waals surface area contributed by atoms with E-state index >= 15 is 0 Å². The predicted octanol–water partition coefficient (Wildman–Crippen LogP) is 4.42. The number of nitrogens with one attached hydrogen (secondary N) is 2. The van der Waals surface area contributed by atoms with E-state index in [-0.39, 0.29) is 23.2 Å². The Bertz CT molecular complexity index is 804. The van der Waals surface area contributed by atoms with Crippen molar-refractivity contribution in [3.8, 4) is 0 Å². The van der Waals surface area contributed by atoms with Crippen LogP contribution in [0.1, 0.15) is 41.7 Å². The van der Waals surface area contributed by atoms with Crippen LogP contribution < -0.4 is 10.6 Å². The molecule has 7 heteroatoms. The Kier molecular flexibility index (Phi) is 5.03. The SMILES string of the molecule is CC(NC(=O)c1ccc(NC2CC2)c([N+](=O)[O-])c1)c1ccc(Br)cc1. The van der Waals surface area contributed by atoms with E-state index in [1.165, 1.54) is 6.07 Å². The molecule has 0 radical (unpaired) electrons. The van der Waals surface area contributed by atoms with Gasteiger partial charge in [-0.05, 0) is 49.6 Å². The minimum absolute atomic E-state index is 0.0733. The van der Waals surface area contributed by atoms with Gasteiger partial charge in [0.05, 0.1) is 11.0 Å². The molecule has 1 atom stereocenters. The number of hydrogen-bond acceptors (Lipinski definition) is 4. The first kappa shape index (κ1) is 17.4. The highest BCUT2D eigenvalue weighted by Gasteiger charge is 2.25. The largest absolute Gasteiger partial charge is 0.377 e. The molecule has 1 aliphatic rings. The second kappa shape index (κ2) is 7.23. The Balaban J connectivity index is 1.75. The molecule has 1 aliphatic carbocycles. The normalized spacial score (nSPS) is 14.6. The number of amides is 1. The van der Waals surface area contributed by atoms with Gasteiger partial charge in [0.15, 0.2) is 0 Å². The van der Waals surface area contributed by atoms with Crippen LogP contribution in [0.4, 0.5) is 11.4 Å². The van der Waals surface area contributed by atoms with E-state index in [0.29, 0.717) is 11.7 Å². The molecule has 6 nitrogen and oxygen atoms in total. The zero-order valence-corrected chi connectivity index (χ0v) is 15.2. The Morgan fingerprint density at radius 3 is 2.52 bits per heavy atom. The fraction of sp³-hybridized carbons (Fsp3) is 0.278. The average molecular weight is 404 g/mol. The third-order valence-corrected chi connectivity index (χ3v) is 4.64. The van der Waals surface area contributed by atoms with Gasteiger partial charge in [0.25, 0.3) is 11.6 Å². The molecule has 0 aromatic heterocycles. The number of nitro groups is 1. The van der Waals surface area contributed by atoms with Gasteiger partial charge in [-0.25, -0.2) is 0 Å². The van der Waals surface area contributed by atoms with E-state index < -0.39 is 4.92 Å². The molecule has 0 aliphatic heterocycles. The van der Waals surface area contributed by atoms with Gasteiger partial charge < -0.3 is 10.6 Å². The Morgan fingerprint density at radius 2 is 1.92 bits per heavy atom. The first-order chi connectivity index (χ1) is 11.9. The predicted molar refractivity (Wildman–Crippen MR) is 99.8 cm³/mol. The number of halogens is 1. The highest BCUT2D eigenvalue weighted by atomic mass is 79.9. The van der Waals surface area contributed by atoms with Gasteiger partial charge in [-0.15, -0.1) is 0 Å². The zero-order chi connectivity index (χ0) is 18.0. The van der Waals surface area contributed by atoms with Crippen molar-refractivity contribution in [3.05, 3.63) is 68.2 Å². The van der Waals surface area contributed by atoms with Gasteiger partial charge in [-0.3, -0.25) is 14.9 Å². The lowest BCUT2D eigenvalue weighted by molar-refractivity contribution is -0.384. The molecule has 0 saturated heterocycles. The summed E-state index contributed by atoms with van der Waals surface area (Å²) in [6.07, 6.45) is 2.04. The number of carbonyl (C=O) groups is 1. The van der Waals surface area contributed by atoms with Gasteiger partial charge in [-0.2, -0.15) is 0 Å². The number of anilines is 1. The van der Waals surface area contributed by atoms with Gasteiger partial charge in [0, 0.05) is 22.1 Å². The van der Waals surface area contributed by atoms with E-state index in [1.54, 1.807) is 12.1 Å². The molecule has 130 valence electrons. The van der Waals surface area contributed by atoms with Crippen LogP contribution in [0.15, 0.2) is 46.9 Å². The van der Waals surface area contributed by atoms with Crippen molar-refractivity contribution in [2.45, 2.75) is 31.8 Å². The number of carbonyl (C=O) groups excluding carboxylic acids is 1. The fourth-order valence-corrected chi connectivity index (χ4v) is 2.77. The third kappa shape index (κ3) is 4.36. The van der Waals surface area contributed by atoms with Crippen LogP contribution in [0, 0.1) is 10.1 Å². The molecule has 1 saturated carbocycles. The molecule has 1 unspecified atom stereocenters. The first-order valence-electron chi connectivity index (χ1n) is 8.05. The highest BCUT2D eigenvalue weighted by Crippen LogP contribution is 2.31.